The summed E-state index contributed by atoms with van der Waals surface area (Å²) in [6, 6.07) is 9.67. The number of esters is 1. The van der Waals surface area contributed by atoms with E-state index in [0.29, 0.717) is 24.4 Å². The summed E-state index contributed by atoms with van der Waals surface area (Å²) in [4.78, 5) is 41.5. The first-order chi connectivity index (χ1) is 21.9. The van der Waals surface area contributed by atoms with Crippen LogP contribution in [0, 0.1) is 0 Å². The second-order valence-electron chi connectivity index (χ2n) is 14.4. The van der Waals surface area contributed by atoms with Crippen LogP contribution in [0.3, 0.4) is 0 Å². The van der Waals surface area contributed by atoms with Crippen molar-refractivity contribution in [2.45, 2.75) is 116 Å². The number of fused-ring (bicyclic) bond motifs is 1. The molecule has 11 heteroatoms. The van der Waals surface area contributed by atoms with Crippen molar-refractivity contribution >= 4 is 23.7 Å². The van der Waals surface area contributed by atoms with Crippen molar-refractivity contribution in [1.29, 1.82) is 0 Å². The van der Waals surface area contributed by atoms with Crippen molar-refractivity contribution in [2.24, 2.45) is 0 Å². The SMILES string of the molecule is CC(C)(C)OC(=O)CCN(CC(=O)N1CCc2cc(OCc3ccc(C4CCCCC4)cc3C(F)(F)F)ccc21)C(=O)OC(C)(C)C. The first-order valence-corrected chi connectivity index (χ1v) is 16.4. The molecule has 0 radical (unpaired) electrons. The van der Waals surface area contributed by atoms with Gasteiger partial charge in [-0.05, 0) is 102 Å². The summed E-state index contributed by atoms with van der Waals surface area (Å²) in [6.45, 7) is 10.1. The van der Waals surface area contributed by atoms with Crippen LogP contribution in [0.2, 0.25) is 0 Å². The predicted octanol–water partition coefficient (Wildman–Crippen LogP) is 8.19. The molecule has 2 aromatic carbocycles. The molecule has 0 atom stereocenters. The van der Waals surface area contributed by atoms with Gasteiger partial charge in [0.15, 0.2) is 0 Å². The molecule has 0 N–H and O–H groups in total. The molecule has 47 heavy (non-hydrogen) atoms. The monoisotopic (exact) mass is 660 g/mol. The maximum Gasteiger partial charge on any atom is 0.416 e. The van der Waals surface area contributed by atoms with E-state index in [2.05, 4.69) is 0 Å². The largest absolute Gasteiger partial charge is 0.489 e. The van der Waals surface area contributed by atoms with Crippen LogP contribution in [0.15, 0.2) is 36.4 Å². The van der Waals surface area contributed by atoms with Gasteiger partial charge in [0.2, 0.25) is 5.91 Å². The third-order valence-electron chi connectivity index (χ3n) is 8.14. The first kappa shape index (κ1) is 36.1. The number of amides is 2. The van der Waals surface area contributed by atoms with E-state index < -0.39 is 35.0 Å². The van der Waals surface area contributed by atoms with Crippen LogP contribution in [-0.4, -0.2) is 53.7 Å². The maximum absolute atomic E-state index is 14.0. The van der Waals surface area contributed by atoms with Gasteiger partial charge < -0.3 is 19.1 Å². The Morgan fingerprint density at radius 1 is 0.894 bits per heavy atom. The lowest BCUT2D eigenvalue weighted by molar-refractivity contribution is -0.155. The zero-order valence-corrected chi connectivity index (χ0v) is 28.3. The summed E-state index contributed by atoms with van der Waals surface area (Å²) in [5.41, 5.74) is 0.0780. The first-order valence-electron chi connectivity index (χ1n) is 16.4. The van der Waals surface area contributed by atoms with Gasteiger partial charge in [0.25, 0.3) is 0 Å². The number of nitrogens with zero attached hydrogens (tertiary/aromatic N) is 2. The highest BCUT2D eigenvalue weighted by Gasteiger charge is 2.35. The van der Waals surface area contributed by atoms with Gasteiger partial charge in [0, 0.05) is 24.3 Å². The third-order valence-corrected chi connectivity index (χ3v) is 8.14. The zero-order chi connectivity index (χ0) is 34.6. The minimum absolute atomic E-state index is 0.0649. The molecule has 1 heterocycles. The molecule has 1 aliphatic heterocycles. The number of rotatable bonds is 9. The van der Waals surface area contributed by atoms with Crippen molar-refractivity contribution in [2.75, 3.05) is 24.5 Å². The van der Waals surface area contributed by atoms with Gasteiger partial charge in [-0.1, -0.05) is 31.4 Å². The van der Waals surface area contributed by atoms with E-state index in [1.807, 2.05) is 0 Å². The molecule has 0 spiro atoms. The van der Waals surface area contributed by atoms with E-state index >= 15 is 0 Å². The lowest BCUT2D eigenvalue weighted by atomic mass is 9.83. The standard InChI is InChI=1S/C36H47F3N2O6/c1-34(2,3)46-32(43)17-18-40(33(44)47-35(4,5)6)22-31(42)41-19-16-26-20-28(14-15-30(26)41)45-23-27-13-12-25(21-29(27)36(37,38)39)24-10-8-7-9-11-24/h12-15,20-21,24H,7-11,16-19,22-23H2,1-6H3. The van der Waals surface area contributed by atoms with E-state index in [1.54, 1.807) is 70.7 Å². The van der Waals surface area contributed by atoms with E-state index in [9.17, 15) is 27.6 Å². The molecule has 1 aliphatic carbocycles. The van der Waals surface area contributed by atoms with Gasteiger partial charge in [-0.3, -0.25) is 14.5 Å². The molecule has 4 rings (SSSR count). The maximum atomic E-state index is 14.0. The average Bonchev–Trinajstić information content (AvgIpc) is 3.40. The molecule has 2 amide bonds. The Hall–Kier alpha value is -3.76. The average molecular weight is 661 g/mol. The second-order valence-corrected chi connectivity index (χ2v) is 14.4. The van der Waals surface area contributed by atoms with Crippen LogP contribution in [0.4, 0.5) is 23.7 Å². The Morgan fingerprint density at radius 2 is 1.57 bits per heavy atom. The number of benzene rings is 2. The molecule has 0 unspecified atom stereocenters. The lowest BCUT2D eigenvalue weighted by Gasteiger charge is -2.29. The Bertz CT molecular complexity index is 1440. The number of carbonyl (C=O) groups is 3. The van der Waals surface area contributed by atoms with Crippen molar-refractivity contribution in [1.82, 2.24) is 4.90 Å². The summed E-state index contributed by atoms with van der Waals surface area (Å²) in [5, 5.41) is 0. The van der Waals surface area contributed by atoms with Crippen molar-refractivity contribution in [3.8, 4) is 5.75 Å². The van der Waals surface area contributed by atoms with E-state index in [1.165, 1.54) is 17.0 Å². The van der Waals surface area contributed by atoms with Crippen molar-refractivity contribution in [3.63, 3.8) is 0 Å². The Morgan fingerprint density at radius 3 is 2.21 bits per heavy atom. The van der Waals surface area contributed by atoms with Crippen molar-refractivity contribution < 1.29 is 41.8 Å². The fourth-order valence-corrected chi connectivity index (χ4v) is 5.99. The summed E-state index contributed by atoms with van der Waals surface area (Å²) in [6.07, 6.45) is 0.196. The number of halogens is 3. The Kier molecular flexibility index (Phi) is 11.2. The van der Waals surface area contributed by atoms with Gasteiger partial charge >= 0.3 is 18.2 Å². The summed E-state index contributed by atoms with van der Waals surface area (Å²) < 4.78 is 58.8. The summed E-state index contributed by atoms with van der Waals surface area (Å²) >= 11 is 0. The number of ether oxygens (including phenoxy) is 3. The zero-order valence-electron chi connectivity index (χ0n) is 28.3. The van der Waals surface area contributed by atoms with Crippen LogP contribution in [0.5, 0.6) is 5.75 Å². The fourth-order valence-electron chi connectivity index (χ4n) is 5.99. The Balaban J connectivity index is 1.43. The molecule has 258 valence electrons. The fraction of sp³-hybridized carbons (Fsp3) is 0.583. The topological polar surface area (TPSA) is 85.4 Å². The molecule has 2 aromatic rings. The number of anilines is 1. The molecule has 1 saturated carbocycles. The second kappa shape index (κ2) is 14.6. The summed E-state index contributed by atoms with van der Waals surface area (Å²) in [5.74, 6) is -0.306. The van der Waals surface area contributed by atoms with Gasteiger partial charge in [-0.25, -0.2) is 4.79 Å². The molecule has 0 saturated heterocycles. The van der Waals surface area contributed by atoms with Crippen LogP contribution in [0.1, 0.15) is 108 Å². The van der Waals surface area contributed by atoms with Gasteiger partial charge in [0.05, 0.1) is 12.0 Å². The molecule has 1 fully saturated rings. The normalized spacial score (nSPS) is 15.6. The molecule has 0 bridgehead atoms. The van der Waals surface area contributed by atoms with Gasteiger partial charge in [-0.15, -0.1) is 0 Å². The third kappa shape index (κ3) is 10.4. The van der Waals surface area contributed by atoms with Crippen LogP contribution in [-0.2, 0) is 38.3 Å². The van der Waals surface area contributed by atoms with E-state index in [0.717, 1.165) is 43.2 Å². The molecular weight excluding hydrogens is 613 g/mol. The minimum atomic E-state index is -4.50. The van der Waals surface area contributed by atoms with Crippen LogP contribution < -0.4 is 9.64 Å². The van der Waals surface area contributed by atoms with Gasteiger partial charge in [0.1, 0.15) is 30.1 Å². The number of hydrogen-bond acceptors (Lipinski definition) is 6. The van der Waals surface area contributed by atoms with Crippen LogP contribution in [0.25, 0.3) is 0 Å². The quantitative estimate of drug-likeness (QED) is 0.252. The van der Waals surface area contributed by atoms with Crippen LogP contribution >= 0.6 is 0 Å². The minimum Gasteiger partial charge on any atom is -0.489 e. The highest BCUT2D eigenvalue weighted by atomic mass is 19.4. The number of carbonyl (C=O) groups excluding carboxylic acids is 3. The van der Waals surface area contributed by atoms with Crippen molar-refractivity contribution in [3.05, 3.63) is 58.7 Å². The number of hydrogen-bond donors (Lipinski definition) is 0. The lowest BCUT2D eigenvalue weighted by Crippen LogP contribution is -2.45. The van der Waals surface area contributed by atoms with Gasteiger partial charge in [-0.2, -0.15) is 13.2 Å². The highest BCUT2D eigenvalue weighted by Crippen LogP contribution is 2.39. The number of alkyl halides is 3. The highest BCUT2D eigenvalue weighted by molar-refractivity contribution is 5.98. The predicted molar refractivity (Wildman–Crippen MR) is 172 cm³/mol. The molecular formula is C36H47F3N2O6. The summed E-state index contributed by atoms with van der Waals surface area (Å²) in [7, 11) is 0. The smallest absolute Gasteiger partial charge is 0.416 e. The Labute approximate surface area is 275 Å². The van der Waals surface area contributed by atoms with E-state index in [4.69, 9.17) is 14.2 Å². The molecule has 0 aromatic heterocycles. The molecule has 8 nitrogen and oxygen atoms in total. The molecule has 2 aliphatic rings. The van der Waals surface area contributed by atoms with E-state index in [-0.39, 0.29) is 43.5 Å².